The van der Waals surface area contributed by atoms with Crippen LogP contribution in [0.4, 0.5) is 0 Å². The standard InChI is InChI=1S/C16H17NO3/c1-10-7-11(2)13(12(3)8-10)9-17-14(16(19)20)5-4-6-15(17)18/h4-8H,9H2,1-3H3,(H,19,20). The summed E-state index contributed by atoms with van der Waals surface area (Å²) in [7, 11) is 0. The van der Waals surface area contributed by atoms with Gasteiger partial charge in [-0.3, -0.25) is 9.36 Å². The smallest absolute Gasteiger partial charge is 0.352 e. The van der Waals surface area contributed by atoms with Crippen molar-refractivity contribution in [2.24, 2.45) is 0 Å². The normalized spacial score (nSPS) is 10.6. The molecule has 0 aliphatic heterocycles. The number of carbonyl (C=O) groups is 1. The molecule has 0 unspecified atom stereocenters. The molecule has 0 saturated heterocycles. The second-order valence-corrected chi connectivity index (χ2v) is 5.02. The summed E-state index contributed by atoms with van der Waals surface area (Å²) in [6.07, 6.45) is 0. The molecule has 1 N–H and O–H groups in total. The molecule has 2 rings (SSSR count). The molecule has 0 radical (unpaired) electrons. The van der Waals surface area contributed by atoms with Crippen LogP contribution in [0.1, 0.15) is 32.7 Å². The quantitative estimate of drug-likeness (QED) is 0.933. The van der Waals surface area contributed by atoms with Gasteiger partial charge in [0.25, 0.3) is 5.56 Å². The van der Waals surface area contributed by atoms with Gasteiger partial charge >= 0.3 is 5.97 Å². The molecule has 1 heterocycles. The lowest BCUT2D eigenvalue weighted by molar-refractivity contribution is 0.0684. The predicted octanol–water partition coefficient (Wildman–Crippen LogP) is 2.52. The van der Waals surface area contributed by atoms with Crippen molar-refractivity contribution in [2.75, 3.05) is 0 Å². The Kier molecular flexibility index (Phi) is 3.74. The number of hydrogen-bond acceptors (Lipinski definition) is 2. The van der Waals surface area contributed by atoms with Crippen LogP contribution in [0, 0.1) is 20.8 Å². The molecule has 0 atom stereocenters. The van der Waals surface area contributed by atoms with Gasteiger partial charge in [0, 0.05) is 6.07 Å². The van der Waals surface area contributed by atoms with Crippen LogP contribution < -0.4 is 5.56 Å². The van der Waals surface area contributed by atoms with Gasteiger partial charge in [-0.1, -0.05) is 23.8 Å². The SMILES string of the molecule is Cc1cc(C)c(Cn2c(C(=O)O)cccc2=O)c(C)c1. The molecule has 1 aromatic carbocycles. The summed E-state index contributed by atoms with van der Waals surface area (Å²) in [5.41, 5.74) is 3.99. The van der Waals surface area contributed by atoms with Gasteiger partial charge in [0.05, 0.1) is 6.54 Å². The molecule has 0 fully saturated rings. The molecule has 1 aromatic heterocycles. The lowest BCUT2D eigenvalue weighted by Gasteiger charge is -2.14. The van der Waals surface area contributed by atoms with E-state index in [1.807, 2.05) is 32.9 Å². The third-order valence-electron chi connectivity index (χ3n) is 3.43. The highest BCUT2D eigenvalue weighted by atomic mass is 16.4. The van der Waals surface area contributed by atoms with Gasteiger partial charge in [0.15, 0.2) is 0 Å². The molecule has 0 aliphatic rings. The third-order valence-corrected chi connectivity index (χ3v) is 3.43. The number of nitrogens with zero attached hydrogens (tertiary/aromatic N) is 1. The highest BCUT2D eigenvalue weighted by Crippen LogP contribution is 2.17. The van der Waals surface area contributed by atoms with Gasteiger partial charge < -0.3 is 5.11 Å². The summed E-state index contributed by atoms with van der Waals surface area (Å²) in [4.78, 5) is 23.2. The van der Waals surface area contributed by atoms with Crippen LogP contribution in [-0.2, 0) is 6.54 Å². The maximum Gasteiger partial charge on any atom is 0.352 e. The minimum atomic E-state index is -1.09. The Morgan fingerprint density at radius 3 is 2.30 bits per heavy atom. The number of carboxylic acids is 1. The van der Waals surface area contributed by atoms with Crippen LogP contribution in [0.2, 0.25) is 0 Å². The van der Waals surface area contributed by atoms with E-state index >= 15 is 0 Å². The highest BCUT2D eigenvalue weighted by Gasteiger charge is 2.13. The molecular formula is C16H17NO3. The number of benzene rings is 1. The Hall–Kier alpha value is -2.36. The van der Waals surface area contributed by atoms with Gasteiger partial charge in [-0.25, -0.2) is 4.79 Å². The number of carboxylic acid groups (broad SMARTS) is 1. The first-order valence-electron chi connectivity index (χ1n) is 6.40. The van der Waals surface area contributed by atoms with Crippen molar-refractivity contribution in [3.05, 3.63) is 68.6 Å². The van der Waals surface area contributed by atoms with Crippen molar-refractivity contribution >= 4 is 5.97 Å². The summed E-state index contributed by atoms with van der Waals surface area (Å²) in [5, 5.41) is 9.19. The molecule has 0 saturated carbocycles. The Morgan fingerprint density at radius 1 is 1.15 bits per heavy atom. The van der Waals surface area contributed by atoms with Gasteiger partial charge in [0.1, 0.15) is 5.69 Å². The van der Waals surface area contributed by atoms with E-state index in [1.54, 1.807) is 0 Å². The van der Waals surface area contributed by atoms with E-state index in [9.17, 15) is 14.7 Å². The molecule has 4 nitrogen and oxygen atoms in total. The fourth-order valence-electron chi connectivity index (χ4n) is 2.49. The fourth-order valence-corrected chi connectivity index (χ4v) is 2.49. The molecule has 0 spiro atoms. The first-order valence-corrected chi connectivity index (χ1v) is 6.40. The number of aryl methyl sites for hydroxylation is 3. The lowest BCUT2D eigenvalue weighted by atomic mass is 9.99. The molecule has 104 valence electrons. The molecule has 0 aliphatic carbocycles. The van der Waals surface area contributed by atoms with Crippen molar-refractivity contribution in [3.8, 4) is 0 Å². The second-order valence-electron chi connectivity index (χ2n) is 5.02. The Morgan fingerprint density at radius 2 is 1.75 bits per heavy atom. The summed E-state index contributed by atoms with van der Waals surface area (Å²) in [6.45, 7) is 6.24. The average Bonchev–Trinajstić information content (AvgIpc) is 2.34. The predicted molar refractivity (Wildman–Crippen MR) is 77.4 cm³/mol. The van der Waals surface area contributed by atoms with E-state index < -0.39 is 5.97 Å². The lowest BCUT2D eigenvalue weighted by Crippen LogP contribution is -2.26. The molecule has 0 amide bonds. The Bertz CT molecular complexity index is 706. The molecule has 20 heavy (non-hydrogen) atoms. The minimum Gasteiger partial charge on any atom is -0.477 e. The van der Waals surface area contributed by atoms with Crippen LogP contribution in [0.5, 0.6) is 0 Å². The van der Waals surface area contributed by atoms with E-state index in [-0.39, 0.29) is 17.8 Å². The minimum absolute atomic E-state index is 0.0110. The zero-order valence-corrected chi connectivity index (χ0v) is 11.8. The summed E-state index contributed by atoms with van der Waals surface area (Å²) < 4.78 is 1.30. The van der Waals surface area contributed by atoms with Gasteiger partial charge in [-0.05, 0) is 43.5 Å². The fraction of sp³-hybridized carbons (Fsp3) is 0.250. The van der Waals surface area contributed by atoms with Crippen molar-refractivity contribution in [2.45, 2.75) is 27.3 Å². The van der Waals surface area contributed by atoms with E-state index in [4.69, 9.17) is 0 Å². The van der Waals surface area contributed by atoms with Crippen LogP contribution in [0.15, 0.2) is 35.1 Å². The number of pyridine rings is 1. The van der Waals surface area contributed by atoms with Crippen molar-refractivity contribution in [1.82, 2.24) is 4.57 Å². The van der Waals surface area contributed by atoms with Crippen LogP contribution >= 0.6 is 0 Å². The number of rotatable bonds is 3. The van der Waals surface area contributed by atoms with Gasteiger partial charge in [-0.2, -0.15) is 0 Å². The Labute approximate surface area is 117 Å². The van der Waals surface area contributed by atoms with E-state index in [0.717, 1.165) is 22.3 Å². The summed E-state index contributed by atoms with van der Waals surface area (Å²) in [5.74, 6) is -1.09. The first-order chi connectivity index (χ1) is 9.40. The average molecular weight is 271 g/mol. The molecule has 4 heteroatoms. The van der Waals surface area contributed by atoms with E-state index in [1.165, 1.54) is 22.8 Å². The molecule has 0 bridgehead atoms. The highest BCUT2D eigenvalue weighted by molar-refractivity contribution is 5.85. The van der Waals surface area contributed by atoms with Gasteiger partial charge in [-0.15, -0.1) is 0 Å². The topological polar surface area (TPSA) is 59.3 Å². The Balaban J connectivity index is 2.56. The number of aromatic nitrogens is 1. The van der Waals surface area contributed by atoms with Crippen LogP contribution in [-0.4, -0.2) is 15.6 Å². The first kappa shape index (κ1) is 14.1. The number of aromatic carboxylic acids is 1. The van der Waals surface area contributed by atoms with E-state index in [0.29, 0.717) is 0 Å². The number of hydrogen-bond donors (Lipinski definition) is 1. The maximum absolute atomic E-state index is 11.9. The monoisotopic (exact) mass is 271 g/mol. The van der Waals surface area contributed by atoms with E-state index in [2.05, 4.69) is 0 Å². The van der Waals surface area contributed by atoms with Crippen LogP contribution in [0.25, 0.3) is 0 Å². The summed E-state index contributed by atoms with van der Waals surface area (Å²) in [6, 6.07) is 8.37. The zero-order valence-electron chi connectivity index (χ0n) is 11.8. The zero-order chi connectivity index (χ0) is 14.9. The van der Waals surface area contributed by atoms with Crippen LogP contribution in [0.3, 0.4) is 0 Å². The maximum atomic E-state index is 11.9. The summed E-state index contributed by atoms with van der Waals surface area (Å²) >= 11 is 0. The van der Waals surface area contributed by atoms with Crippen molar-refractivity contribution in [1.29, 1.82) is 0 Å². The van der Waals surface area contributed by atoms with Crippen molar-refractivity contribution in [3.63, 3.8) is 0 Å². The van der Waals surface area contributed by atoms with Crippen molar-refractivity contribution < 1.29 is 9.90 Å². The third kappa shape index (κ3) is 2.64. The van der Waals surface area contributed by atoms with Gasteiger partial charge in [0.2, 0.25) is 0 Å². The molecular weight excluding hydrogens is 254 g/mol. The largest absolute Gasteiger partial charge is 0.477 e. The molecule has 2 aromatic rings. The second kappa shape index (κ2) is 5.33.